The minimum atomic E-state index is -0.943. The topological polar surface area (TPSA) is 69.6 Å². The summed E-state index contributed by atoms with van der Waals surface area (Å²) < 4.78 is 0.771. The van der Waals surface area contributed by atoms with Gasteiger partial charge in [-0.25, -0.2) is 9.59 Å². The Morgan fingerprint density at radius 2 is 2.05 bits per heavy atom. The maximum Gasteiger partial charge on any atom is 0.326 e. The van der Waals surface area contributed by atoms with Gasteiger partial charge in [-0.1, -0.05) is 12.1 Å². The Hall–Kier alpha value is -1.56. The van der Waals surface area contributed by atoms with Gasteiger partial charge in [-0.15, -0.1) is 0 Å². The number of anilines is 1. The molecule has 0 radical (unpaired) electrons. The van der Waals surface area contributed by atoms with Crippen LogP contribution in [0.3, 0.4) is 0 Å². The number of halogens is 1. The van der Waals surface area contributed by atoms with Gasteiger partial charge >= 0.3 is 12.0 Å². The van der Waals surface area contributed by atoms with Crippen LogP contribution in [-0.4, -0.2) is 34.6 Å². The molecule has 0 aromatic heterocycles. The third kappa shape index (κ3) is 3.26. The number of nitrogens with zero attached hydrogens (tertiary/aromatic N) is 1. The Morgan fingerprint density at radius 3 is 2.74 bits per heavy atom. The van der Waals surface area contributed by atoms with Crippen LogP contribution in [0.1, 0.15) is 19.3 Å². The van der Waals surface area contributed by atoms with Gasteiger partial charge in [0, 0.05) is 11.0 Å². The summed E-state index contributed by atoms with van der Waals surface area (Å²) in [6.45, 7) is 0.479. The second kappa shape index (κ2) is 6.06. The van der Waals surface area contributed by atoms with E-state index in [0.29, 0.717) is 18.7 Å². The molecule has 1 aromatic rings. The van der Waals surface area contributed by atoms with Crippen LogP contribution in [0.15, 0.2) is 28.7 Å². The SMILES string of the molecule is O=C(O)C1CCCCN1C(=O)Nc1ccccc1Br. The first-order chi connectivity index (χ1) is 9.09. The lowest BCUT2D eigenvalue weighted by Crippen LogP contribution is -2.49. The van der Waals surface area contributed by atoms with Crippen molar-refractivity contribution in [3.8, 4) is 0 Å². The molecule has 1 aliphatic rings. The van der Waals surface area contributed by atoms with Crippen LogP contribution in [0, 0.1) is 0 Å². The van der Waals surface area contributed by atoms with Gasteiger partial charge in [0.2, 0.25) is 0 Å². The maximum atomic E-state index is 12.2. The van der Waals surface area contributed by atoms with Crippen molar-refractivity contribution in [2.75, 3.05) is 11.9 Å². The molecule has 2 rings (SSSR count). The summed E-state index contributed by atoms with van der Waals surface area (Å²) in [7, 11) is 0. The van der Waals surface area contributed by atoms with Gasteiger partial charge in [0.25, 0.3) is 0 Å². The molecule has 6 heteroatoms. The van der Waals surface area contributed by atoms with Crippen molar-refractivity contribution in [3.05, 3.63) is 28.7 Å². The second-order valence-electron chi connectivity index (χ2n) is 4.45. The van der Waals surface area contributed by atoms with Crippen LogP contribution in [0.2, 0.25) is 0 Å². The number of hydrogen-bond donors (Lipinski definition) is 2. The highest BCUT2D eigenvalue weighted by atomic mass is 79.9. The quantitative estimate of drug-likeness (QED) is 0.877. The second-order valence-corrected chi connectivity index (χ2v) is 5.31. The highest BCUT2D eigenvalue weighted by Crippen LogP contribution is 2.23. The van der Waals surface area contributed by atoms with Crippen molar-refractivity contribution in [2.24, 2.45) is 0 Å². The van der Waals surface area contributed by atoms with Gasteiger partial charge in [0.1, 0.15) is 6.04 Å². The molecule has 2 N–H and O–H groups in total. The fourth-order valence-electron chi connectivity index (χ4n) is 2.18. The van der Waals surface area contributed by atoms with Gasteiger partial charge < -0.3 is 15.3 Å². The number of nitrogens with one attached hydrogen (secondary N) is 1. The van der Waals surface area contributed by atoms with E-state index in [1.54, 1.807) is 6.07 Å². The fraction of sp³-hybridized carbons (Fsp3) is 0.385. The lowest BCUT2D eigenvalue weighted by Gasteiger charge is -2.32. The molecule has 0 saturated carbocycles. The molecule has 0 bridgehead atoms. The van der Waals surface area contributed by atoms with Gasteiger partial charge in [0.05, 0.1) is 5.69 Å². The zero-order valence-electron chi connectivity index (χ0n) is 10.3. The normalized spacial score (nSPS) is 19.0. The summed E-state index contributed by atoms with van der Waals surface area (Å²) in [5, 5.41) is 11.9. The number of urea groups is 1. The van der Waals surface area contributed by atoms with E-state index >= 15 is 0 Å². The summed E-state index contributed by atoms with van der Waals surface area (Å²) in [5.41, 5.74) is 0.641. The molecule has 1 fully saturated rings. The zero-order valence-corrected chi connectivity index (χ0v) is 11.9. The number of piperidine rings is 1. The summed E-state index contributed by atoms with van der Waals surface area (Å²) in [6, 6.07) is 6.16. The first kappa shape index (κ1) is 13.9. The number of hydrogen-bond acceptors (Lipinski definition) is 2. The van der Waals surface area contributed by atoms with Gasteiger partial charge in [-0.3, -0.25) is 0 Å². The molecule has 1 unspecified atom stereocenters. The summed E-state index contributed by atoms with van der Waals surface area (Å²) >= 11 is 3.34. The molecule has 5 nitrogen and oxygen atoms in total. The molecule has 0 aliphatic carbocycles. The van der Waals surface area contributed by atoms with E-state index in [9.17, 15) is 9.59 Å². The number of carbonyl (C=O) groups excluding carboxylic acids is 1. The molecule has 19 heavy (non-hydrogen) atoms. The fourth-order valence-corrected chi connectivity index (χ4v) is 2.56. The Bertz CT molecular complexity index is 493. The number of amides is 2. The Kier molecular flexibility index (Phi) is 4.42. The number of rotatable bonds is 2. The average molecular weight is 327 g/mol. The van der Waals surface area contributed by atoms with Crippen LogP contribution in [0.5, 0.6) is 0 Å². The molecular weight excluding hydrogens is 312 g/mol. The number of likely N-dealkylation sites (tertiary alicyclic amines) is 1. The van der Waals surface area contributed by atoms with Crippen molar-refractivity contribution in [3.63, 3.8) is 0 Å². The minimum Gasteiger partial charge on any atom is -0.480 e. The summed E-state index contributed by atoms with van der Waals surface area (Å²) in [5.74, 6) is -0.943. The van der Waals surface area contributed by atoms with E-state index in [4.69, 9.17) is 5.11 Å². The van der Waals surface area contributed by atoms with Crippen molar-refractivity contribution in [1.29, 1.82) is 0 Å². The minimum absolute atomic E-state index is 0.362. The number of carboxylic acids is 1. The van der Waals surface area contributed by atoms with Crippen molar-refractivity contribution >= 4 is 33.6 Å². The molecule has 102 valence electrons. The van der Waals surface area contributed by atoms with Crippen LogP contribution >= 0.6 is 15.9 Å². The lowest BCUT2D eigenvalue weighted by molar-refractivity contribution is -0.143. The molecule has 1 saturated heterocycles. The molecule has 1 aliphatic heterocycles. The van der Waals surface area contributed by atoms with Crippen molar-refractivity contribution in [1.82, 2.24) is 4.90 Å². The number of aliphatic carboxylic acids is 1. The van der Waals surface area contributed by atoms with Crippen molar-refractivity contribution in [2.45, 2.75) is 25.3 Å². The van der Waals surface area contributed by atoms with Gasteiger partial charge in [-0.05, 0) is 47.3 Å². The van der Waals surface area contributed by atoms with Crippen LogP contribution in [0.25, 0.3) is 0 Å². The van der Waals surface area contributed by atoms with Crippen LogP contribution < -0.4 is 5.32 Å². The number of carboxylic acid groups (broad SMARTS) is 1. The average Bonchev–Trinajstić information content (AvgIpc) is 2.41. The van der Waals surface area contributed by atoms with E-state index in [0.717, 1.165) is 17.3 Å². The summed E-state index contributed by atoms with van der Waals surface area (Å²) in [6.07, 6.45) is 2.20. The Balaban J connectivity index is 2.10. The monoisotopic (exact) mass is 326 g/mol. The van der Waals surface area contributed by atoms with E-state index < -0.39 is 12.0 Å². The molecule has 1 atom stereocenters. The number of benzene rings is 1. The van der Waals surface area contributed by atoms with E-state index in [-0.39, 0.29) is 6.03 Å². The standard InChI is InChI=1S/C13H15BrN2O3/c14-9-5-1-2-6-10(9)15-13(19)16-8-4-3-7-11(16)12(17)18/h1-2,5-6,11H,3-4,7-8H2,(H,15,19)(H,17,18). The zero-order chi connectivity index (χ0) is 13.8. The Morgan fingerprint density at radius 1 is 1.32 bits per heavy atom. The van der Waals surface area contributed by atoms with Gasteiger partial charge in [-0.2, -0.15) is 0 Å². The van der Waals surface area contributed by atoms with E-state index in [1.807, 2.05) is 18.2 Å². The first-order valence-electron chi connectivity index (χ1n) is 6.14. The lowest BCUT2D eigenvalue weighted by atomic mass is 10.0. The largest absolute Gasteiger partial charge is 0.480 e. The maximum absolute atomic E-state index is 12.2. The number of carbonyl (C=O) groups is 2. The molecular formula is C13H15BrN2O3. The number of para-hydroxylation sites is 1. The van der Waals surface area contributed by atoms with Crippen LogP contribution in [0.4, 0.5) is 10.5 Å². The third-order valence-electron chi connectivity index (χ3n) is 3.16. The van der Waals surface area contributed by atoms with E-state index in [2.05, 4.69) is 21.2 Å². The highest BCUT2D eigenvalue weighted by molar-refractivity contribution is 9.10. The highest BCUT2D eigenvalue weighted by Gasteiger charge is 2.32. The van der Waals surface area contributed by atoms with E-state index in [1.165, 1.54) is 4.90 Å². The van der Waals surface area contributed by atoms with Crippen LogP contribution in [-0.2, 0) is 4.79 Å². The predicted molar refractivity (Wildman–Crippen MR) is 75.1 cm³/mol. The Labute approximate surface area is 119 Å². The van der Waals surface area contributed by atoms with Crippen molar-refractivity contribution < 1.29 is 14.7 Å². The molecule has 1 heterocycles. The predicted octanol–water partition coefficient (Wildman–Crippen LogP) is 2.92. The first-order valence-corrected chi connectivity index (χ1v) is 6.94. The molecule has 1 aromatic carbocycles. The third-order valence-corrected chi connectivity index (χ3v) is 3.86. The smallest absolute Gasteiger partial charge is 0.326 e. The van der Waals surface area contributed by atoms with Gasteiger partial charge in [0.15, 0.2) is 0 Å². The summed E-state index contributed by atoms with van der Waals surface area (Å²) in [4.78, 5) is 24.7. The molecule has 0 spiro atoms. The molecule has 2 amide bonds.